The maximum absolute atomic E-state index is 11.4. The number of aromatic carboxylic acids is 1. The lowest BCUT2D eigenvalue weighted by Crippen LogP contribution is -2.25. The van der Waals surface area contributed by atoms with Crippen LogP contribution < -0.4 is 0 Å². The topological polar surface area (TPSA) is 53.4 Å². The molecular formula is C17H22N2O2S. The molecule has 2 rings (SSSR count). The van der Waals surface area contributed by atoms with Crippen LogP contribution in [0.15, 0.2) is 30.3 Å². The van der Waals surface area contributed by atoms with Crippen molar-refractivity contribution in [1.82, 2.24) is 9.88 Å². The second-order valence-corrected chi connectivity index (χ2v) is 6.21. The number of carboxylic acid groups (broad SMARTS) is 1. The van der Waals surface area contributed by atoms with Crippen molar-refractivity contribution >= 4 is 17.3 Å². The van der Waals surface area contributed by atoms with Gasteiger partial charge < -0.3 is 10.0 Å². The van der Waals surface area contributed by atoms with Crippen LogP contribution in [0.1, 0.15) is 39.8 Å². The number of hydrogen-bond donors (Lipinski definition) is 1. The van der Waals surface area contributed by atoms with Crippen LogP contribution in [0.5, 0.6) is 0 Å². The molecule has 0 aliphatic rings. The van der Waals surface area contributed by atoms with Gasteiger partial charge in [0.15, 0.2) is 0 Å². The molecule has 22 heavy (non-hydrogen) atoms. The lowest BCUT2D eigenvalue weighted by atomic mass is 10.1. The number of likely N-dealkylation sites (N-methyl/N-ethyl adjacent to an activating group) is 1. The van der Waals surface area contributed by atoms with Crippen LogP contribution in [0.25, 0.3) is 0 Å². The van der Waals surface area contributed by atoms with E-state index in [4.69, 9.17) is 0 Å². The van der Waals surface area contributed by atoms with Gasteiger partial charge in [-0.05, 0) is 18.7 Å². The molecule has 0 fully saturated rings. The molecule has 0 unspecified atom stereocenters. The third-order valence-corrected chi connectivity index (χ3v) is 4.83. The van der Waals surface area contributed by atoms with Crippen LogP contribution in [-0.4, -0.2) is 40.6 Å². The summed E-state index contributed by atoms with van der Waals surface area (Å²) in [4.78, 5) is 18.7. The minimum absolute atomic E-state index is 0.374. The fraction of sp³-hybridized carbons (Fsp3) is 0.412. The van der Waals surface area contributed by atoms with Gasteiger partial charge in [0.2, 0.25) is 0 Å². The third-order valence-electron chi connectivity index (χ3n) is 3.69. The molecule has 0 saturated heterocycles. The summed E-state index contributed by atoms with van der Waals surface area (Å²) in [6.07, 6.45) is 1.38. The van der Waals surface area contributed by atoms with Crippen LogP contribution in [0.4, 0.5) is 0 Å². The quantitative estimate of drug-likeness (QED) is 0.811. The van der Waals surface area contributed by atoms with Gasteiger partial charge in [0.25, 0.3) is 0 Å². The molecule has 2 aromatic rings. The van der Waals surface area contributed by atoms with Gasteiger partial charge in [-0.2, -0.15) is 0 Å². The molecule has 118 valence electrons. The number of carboxylic acids is 1. The number of rotatable bonds is 8. The second-order valence-electron chi connectivity index (χ2n) is 5.13. The highest BCUT2D eigenvalue weighted by molar-refractivity contribution is 7.13. The van der Waals surface area contributed by atoms with Gasteiger partial charge in [0.1, 0.15) is 4.88 Å². The number of thiazole rings is 1. The van der Waals surface area contributed by atoms with Crippen molar-refractivity contribution in [2.24, 2.45) is 0 Å². The Morgan fingerprint density at radius 2 is 1.91 bits per heavy atom. The van der Waals surface area contributed by atoms with E-state index < -0.39 is 5.97 Å². The van der Waals surface area contributed by atoms with E-state index in [0.29, 0.717) is 17.0 Å². The molecular weight excluding hydrogens is 296 g/mol. The highest BCUT2D eigenvalue weighted by Crippen LogP contribution is 2.22. The van der Waals surface area contributed by atoms with Gasteiger partial charge in [0.05, 0.1) is 10.7 Å². The normalized spacial score (nSPS) is 11.0. The number of nitrogens with zero attached hydrogens (tertiary/aromatic N) is 2. The summed E-state index contributed by atoms with van der Waals surface area (Å²) in [5.41, 5.74) is 1.77. The highest BCUT2D eigenvalue weighted by atomic mass is 32.1. The Bertz CT molecular complexity index is 606. The van der Waals surface area contributed by atoms with E-state index >= 15 is 0 Å². The lowest BCUT2D eigenvalue weighted by Gasteiger charge is -2.16. The molecule has 1 heterocycles. The predicted molar refractivity (Wildman–Crippen MR) is 89.8 cm³/mol. The molecule has 0 aliphatic heterocycles. The molecule has 4 nitrogen and oxygen atoms in total. The second kappa shape index (κ2) is 8.06. The molecule has 0 radical (unpaired) electrons. The van der Waals surface area contributed by atoms with Gasteiger partial charge in [0, 0.05) is 19.4 Å². The first-order valence-corrected chi connectivity index (χ1v) is 8.43. The van der Waals surface area contributed by atoms with E-state index in [1.165, 1.54) is 11.3 Å². The number of benzene rings is 1. The van der Waals surface area contributed by atoms with Crippen molar-refractivity contribution in [3.63, 3.8) is 0 Å². The zero-order valence-electron chi connectivity index (χ0n) is 13.1. The average molecular weight is 318 g/mol. The van der Waals surface area contributed by atoms with E-state index in [9.17, 15) is 9.90 Å². The van der Waals surface area contributed by atoms with Gasteiger partial charge >= 0.3 is 5.97 Å². The van der Waals surface area contributed by atoms with E-state index in [2.05, 4.69) is 23.7 Å². The van der Waals surface area contributed by atoms with Crippen LogP contribution in [0.2, 0.25) is 0 Å². The summed E-state index contributed by atoms with van der Waals surface area (Å²) in [5, 5.41) is 10.3. The minimum Gasteiger partial charge on any atom is -0.477 e. The fourth-order valence-corrected chi connectivity index (χ4v) is 3.29. The molecule has 0 bridgehead atoms. The molecule has 5 heteroatoms. The number of aromatic nitrogens is 1. The zero-order valence-corrected chi connectivity index (χ0v) is 13.9. The van der Waals surface area contributed by atoms with E-state index in [-0.39, 0.29) is 0 Å². The Labute approximate surface area is 135 Å². The van der Waals surface area contributed by atoms with Crippen molar-refractivity contribution in [3.8, 4) is 0 Å². The molecule has 1 aromatic carbocycles. The number of hydrogen-bond acceptors (Lipinski definition) is 4. The van der Waals surface area contributed by atoms with Crippen LogP contribution in [0, 0.1) is 0 Å². The maximum atomic E-state index is 11.4. The Balaban J connectivity index is 2.13. The van der Waals surface area contributed by atoms with Crippen molar-refractivity contribution in [2.75, 3.05) is 19.6 Å². The minimum atomic E-state index is -0.877. The first-order valence-electron chi connectivity index (χ1n) is 7.62. The standard InChI is InChI=1S/C17H22N2O2S/c1-3-19(4-2)11-10-15-18-14(16(22-15)17(20)21)12-13-8-6-5-7-9-13/h5-9H,3-4,10-12H2,1-2H3,(H,20,21). The SMILES string of the molecule is CCN(CC)CCc1nc(Cc2ccccc2)c(C(=O)O)s1. The van der Waals surface area contributed by atoms with Crippen molar-refractivity contribution < 1.29 is 9.90 Å². The lowest BCUT2D eigenvalue weighted by molar-refractivity contribution is 0.0701. The summed E-state index contributed by atoms with van der Waals surface area (Å²) < 4.78 is 0. The third kappa shape index (κ3) is 4.39. The zero-order chi connectivity index (χ0) is 15.9. The van der Waals surface area contributed by atoms with E-state index in [1.807, 2.05) is 30.3 Å². The van der Waals surface area contributed by atoms with Crippen LogP contribution >= 0.6 is 11.3 Å². The summed E-state index contributed by atoms with van der Waals surface area (Å²) in [7, 11) is 0. The molecule has 0 aliphatic carbocycles. The molecule has 0 saturated carbocycles. The highest BCUT2D eigenvalue weighted by Gasteiger charge is 2.17. The molecule has 1 aromatic heterocycles. The van der Waals surface area contributed by atoms with Crippen molar-refractivity contribution in [1.29, 1.82) is 0 Å². The van der Waals surface area contributed by atoms with Crippen LogP contribution in [0.3, 0.4) is 0 Å². The first-order chi connectivity index (χ1) is 10.6. The van der Waals surface area contributed by atoms with Crippen LogP contribution in [-0.2, 0) is 12.8 Å². The smallest absolute Gasteiger partial charge is 0.347 e. The number of carbonyl (C=O) groups is 1. The molecule has 0 atom stereocenters. The summed E-state index contributed by atoms with van der Waals surface area (Å²) in [5.74, 6) is -0.877. The van der Waals surface area contributed by atoms with Crippen molar-refractivity contribution in [3.05, 3.63) is 51.5 Å². The van der Waals surface area contributed by atoms with Gasteiger partial charge in [-0.25, -0.2) is 9.78 Å². The monoisotopic (exact) mass is 318 g/mol. The molecule has 0 spiro atoms. The van der Waals surface area contributed by atoms with E-state index in [0.717, 1.165) is 36.6 Å². The van der Waals surface area contributed by atoms with Gasteiger partial charge in [-0.3, -0.25) is 0 Å². The van der Waals surface area contributed by atoms with E-state index in [1.54, 1.807) is 0 Å². The summed E-state index contributed by atoms with van der Waals surface area (Å²) in [6.45, 7) is 7.20. The largest absolute Gasteiger partial charge is 0.477 e. The predicted octanol–water partition coefficient (Wildman–Crippen LogP) is 3.32. The first kappa shape index (κ1) is 16.6. The molecule has 0 amide bonds. The van der Waals surface area contributed by atoms with Crippen molar-refractivity contribution in [2.45, 2.75) is 26.7 Å². The average Bonchev–Trinajstić information content (AvgIpc) is 2.92. The van der Waals surface area contributed by atoms with Gasteiger partial charge in [-0.15, -0.1) is 11.3 Å². The fourth-order valence-electron chi connectivity index (χ4n) is 2.38. The Morgan fingerprint density at radius 1 is 1.23 bits per heavy atom. The summed E-state index contributed by atoms with van der Waals surface area (Å²) in [6, 6.07) is 9.88. The van der Waals surface area contributed by atoms with Gasteiger partial charge in [-0.1, -0.05) is 44.2 Å². The summed E-state index contributed by atoms with van der Waals surface area (Å²) >= 11 is 1.31. The Kier molecular flexibility index (Phi) is 6.10. The Hall–Kier alpha value is -1.72. The molecule has 1 N–H and O–H groups in total. The maximum Gasteiger partial charge on any atom is 0.347 e. The Morgan fingerprint density at radius 3 is 2.50 bits per heavy atom.